The van der Waals surface area contributed by atoms with E-state index in [1.54, 1.807) is 0 Å². The molecule has 0 atom stereocenters. The molecule has 0 rings (SSSR count). The minimum atomic E-state index is -4.79. The molecule has 0 fully saturated rings. The van der Waals surface area contributed by atoms with Gasteiger partial charge in [0.1, 0.15) is 0 Å². The molecule has 0 aromatic rings. The van der Waals surface area contributed by atoms with Crippen LogP contribution in [0, 0.1) is 11.6 Å². The van der Waals surface area contributed by atoms with E-state index in [1.165, 1.54) is 0 Å². The fraction of sp³-hybridized carbons (Fsp3) is 0.333. The third kappa shape index (κ3) is 18.0. The van der Waals surface area contributed by atoms with Gasteiger partial charge in [-0.25, -0.2) is 0 Å². The molecule has 0 nitrogen and oxygen atoms in total. The Kier molecular flexibility index (Phi) is 9.41. The zero-order valence-electron chi connectivity index (χ0n) is 4.57. The van der Waals surface area contributed by atoms with Crippen LogP contribution in [-0.2, 0) is 14.2 Å². The van der Waals surface area contributed by atoms with Crippen LogP contribution >= 0.6 is 22.7 Å². The third-order valence-electron chi connectivity index (χ3n) is 0.282. The summed E-state index contributed by atoms with van der Waals surface area (Å²) in [6.07, 6.45) is -4.79. The summed E-state index contributed by atoms with van der Waals surface area (Å²) in [6, 6.07) is 0. The number of halogens is 6. The summed E-state index contributed by atoms with van der Waals surface area (Å²) in [4.78, 5) is 0. The van der Waals surface area contributed by atoms with Crippen molar-refractivity contribution >= 4 is 22.7 Å². The van der Waals surface area contributed by atoms with Crippen LogP contribution in [-0.4, -0.2) is 6.18 Å². The van der Waals surface area contributed by atoms with Crippen LogP contribution in [0.4, 0.5) is 21.6 Å². The van der Waals surface area contributed by atoms with Crippen molar-refractivity contribution in [2.24, 2.45) is 0 Å². The van der Waals surface area contributed by atoms with Gasteiger partial charge in [0.05, 0.1) is 0 Å². The molecule has 11 heavy (non-hydrogen) atoms. The van der Waals surface area contributed by atoms with Crippen LogP contribution in [0.15, 0.2) is 0 Å². The molecule has 0 aliphatic rings. The summed E-state index contributed by atoms with van der Waals surface area (Å²) in [5, 5.41) is 0. The molecule has 0 bridgehead atoms. The van der Waals surface area contributed by atoms with Crippen molar-refractivity contribution in [3.63, 3.8) is 0 Å². The first-order valence-corrected chi connectivity index (χ1v) is 5.61. The summed E-state index contributed by atoms with van der Waals surface area (Å²) in [7, 11) is -3.75. The summed E-state index contributed by atoms with van der Waals surface area (Å²) in [5.74, 6) is 0.450. The molecular formula is C3BrF5FeP. The van der Waals surface area contributed by atoms with Gasteiger partial charge < -0.3 is 0 Å². The quantitative estimate of drug-likeness (QED) is 0.277. The molecule has 0 saturated carbocycles. The van der Waals surface area contributed by atoms with Gasteiger partial charge in [0.25, 0.3) is 0 Å². The van der Waals surface area contributed by atoms with Crippen LogP contribution in [0.2, 0.25) is 0 Å². The van der Waals surface area contributed by atoms with Crippen LogP contribution in [0.3, 0.4) is 0 Å². The van der Waals surface area contributed by atoms with Crippen molar-refractivity contribution in [1.29, 1.82) is 0 Å². The van der Waals surface area contributed by atoms with Gasteiger partial charge in [0, 0.05) is 11.6 Å². The summed E-state index contributed by atoms with van der Waals surface area (Å²) < 4.78 is 54.7. The fourth-order valence-corrected chi connectivity index (χ4v) is 0.317. The Balaban J connectivity index is 0. The van der Waals surface area contributed by atoms with E-state index >= 15 is 0 Å². The van der Waals surface area contributed by atoms with E-state index in [9.17, 15) is 21.6 Å². The second-order valence-electron chi connectivity index (χ2n) is 0.967. The number of hydrogen-bond acceptors (Lipinski definition) is 0. The van der Waals surface area contributed by atoms with Crippen molar-refractivity contribution in [3.05, 3.63) is 0 Å². The summed E-state index contributed by atoms with van der Waals surface area (Å²) in [5.41, 5.74) is 0.742. The standard InChI is InChI=1S/C3F5P.BrH.Fe/c4-3(5,6)1-2-9(7)8;;/h;1H;/q;;+1/p-1. The predicted octanol–water partition coefficient (Wildman–Crippen LogP) is 3.60. The van der Waals surface area contributed by atoms with Gasteiger partial charge in [0.15, 0.2) is 0 Å². The zero-order chi connectivity index (χ0) is 9.49. The number of hydrogen-bond donors (Lipinski definition) is 0. The average Bonchev–Trinajstić information content (AvgIpc) is 1.87. The third-order valence-corrected chi connectivity index (χ3v) is 0.563. The number of alkyl halides is 3. The van der Waals surface area contributed by atoms with Gasteiger partial charge in [-0.15, -0.1) is 0 Å². The van der Waals surface area contributed by atoms with E-state index in [4.69, 9.17) is 0 Å². The molecular weight excluding hydrogens is 298 g/mol. The first kappa shape index (κ1) is 14.2. The zero-order valence-corrected chi connectivity index (χ0v) is 8.15. The number of rotatable bonds is 0. The normalized spacial score (nSPS) is 9.45. The van der Waals surface area contributed by atoms with Crippen LogP contribution in [0.1, 0.15) is 0 Å². The van der Waals surface area contributed by atoms with Crippen molar-refractivity contribution < 1.29 is 35.8 Å². The second kappa shape index (κ2) is 7.30. The van der Waals surface area contributed by atoms with Crippen molar-refractivity contribution in [2.75, 3.05) is 0 Å². The Labute approximate surface area is 76.4 Å². The van der Waals surface area contributed by atoms with Gasteiger partial charge >= 0.3 is 43.0 Å². The molecule has 0 unspecified atom stereocenters. The molecule has 0 spiro atoms. The van der Waals surface area contributed by atoms with E-state index in [0.29, 0.717) is 5.92 Å². The molecule has 0 aliphatic heterocycles. The molecule has 0 aliphatic carbocycles. The van der Waals surface area contributed by atoms with E-state index in [1.807, 2.05) is 0 Å². The Bertz CT molecular complexity index is 146. The van der Waals surface area contributed by atoms with Crippen molar-refractivity contribution in [1.82, 2.24) is 0 Å². The van der Waals surface area contributed by atoms with Crippen molar-refractivity contribution in [2.45, 2.75) is 6.18 Å². The Morgan fingerprint density at radius 2 is 1.55 bits per heavy atom. The molecule has 0 N–H and O–H groups in total. The predicted molar refractivity (Wildman–Crippen MR) is 31.9 cm³/mol. The maximum absolute atomic E-state index is 11.0. The SMILES string of the molecule is FP(F)C#CC(F)(F)F.[Fe][Br]. The Morgan fingerprint density at radius 3 is 1.64 bits per heavy atom. The molecule has 0 heterocycles. The van der Waals surface area contributed by atoms with Gasteiger partial charge in [-0.05, 0) is 0 Å². The van der Waals surface area contributed by atoms with E-state index in [2.05, 4.69) is 28.3 Å². The Hall–Kier alpha value is 0.639. The van der Waals surface area contributed by atoms with E-state index in [-0.39, 0.29) is 0 Å². The maximum atomic E-state index is 11.0. The van der Waals surface area contributed by atoms with Gasteiger partial charge in [-0.3, -0.25) is 0 Å². The van der Waals surface area contributed by atoms with Gasteiger partial charge in [-0.1, -0.05) is 0 Å². The monoisotopic (exact) mass is 297 g/mol. The van der Waals surface area contributed by atoms with Crippen molar-refractivity contribution in [3.8, 4) is 11.6 Å². The van der Waals surface area contributed by atoms with Gasteiger partial charge in [0.2, 0.25) is 0 Å². The summed E-state index contributed by atoms with van der Waals surface area (Å²) in [6.45, 7) is 0. The van der Waals surface area contributed by atoms with Crippen LogP contribution in [0.5, 0.6) is 0 Å². The molecule has 0 saturated heterocycles. The minimum absolute atomic E-state index is 0.450. The first-order valence-electron chi connectivity index (χ1n) is 1.76. The molecule has 0 aromatic heterocycles. The molecule has 0 amide bonds. The molecule has 0 radical (unpaired) electrons. The van der Waals surface area contributed by atoms with Crippen LogP contribution in [0.25, 0.3) is 0 Å². The fourth-order valence-electron chi connectivity index (χ4n) is 0.106. The van der Waals surface area contributed by atoms with Crippen LogP contribution < -0.4 is 0 Å². The van der Waals surface area contributed by atoms with Gasteiger partial charge in [-0.2, -0.15) is 21.6 Å². The average molecular weight is 298 g/mol. The Morgan fingerprint density at radius 1 is 1.18 bits per heavy atom. The topological polar surface area (TPSA) is 0 Å². The first-order chi connectivity index (χ1) is 4.92. The summed E-state index contributed by atoms with van der Waals surface area (Å²) >= 11 is 5.75. The molecule has 8 heteroatoms. The van der Waals surface area contributed by atoms with E-state index in [0.717, 1.165) is 5.66 Å². The molecule has 0 aromatic carbocycles. The molecule has 67 valence electrons. The van der Waals surface area contributed by atoms with E-state index < -0.39 is 14.7 Å². The second-order valence-corrected chi connectivity index (χ2v) is 1.66.